The van der Waals surface area contributed by atoms with Crippen LogP contribution in [0.3, 0.4) is 0 Å². The standard InChI is InChI=1S/C28H33N3O3S/c32-28(31-25-11-7-15-27(21-25)35(33,34)26-13-5-2-6-14-26)30-17-8-12-24-20-23(16-18-29-24)19-22-9-3-1-4-10-22/h1-7,9-11,13-15,21,23-24,29H,8,12,16-20H2,(H2,30,31,32). The van der Waals surface area contributed by atoms with Crippen LogP contribution in [0.25, 0.3) is 0 Å². The van der Waals surface area contributed by atoms with Crippen molar-refractivity contribution in [1.82, 2.24) is 10.6 Å². The molecule has 184 valence electrons. The first-order valence-electron chi connectivity index (χ1n) is 12.2. The molecule has 0 radical (unpaired) electrons. The Hall–Kier alpha value is -3.16. The maximum Gasteiger partial charge on any atom is 0.319 e. The zero-order valence-corrected chi connectivity index (χ0v) is 20.6. The third-order valence-electron chi connectivity index (χ3n) is 6.44. The third kappa shape index (κ3) is 7.16. The van der Waals surface area contributed by atoms with Gasteiger partial charge in [-0.05, 0) is 80.5 Å². The summed E-state index contributed by atoms with van der Waals surface area (Å²) < 4.78 is 25.6. The molecule has 2 amide bonds. The Balaban J connectivity index is 1.21. The van der Waals surface area contributed by atoms with Crippen LogP contribution < -0.4 is 16.0 Å². The first kappa shape index (κ1) is 24.9. The molecule has 3 aromatic carbocycles. The first-order chi connectivity index (χ1) is 17.0. The van der Waals surface area contributed by atoms with Crippen LogP contribution in [0.15, 0.2) is 94.7 Å². The summed E-state index contributed by atoms with van der Waals surface area (Å²) in [4.78, 5) is 12.7. The number of benzene rings is 3. The number of piperidine rings is 1. The van der Waals surface area contributed by atoms with Crippen molar-refractivity contribution in [3.63, 3.8) is 0 Å². The molecule has 35 heavy (non-hydrogen) atoms. The number of amides is 2. The fourth-order valence-corrected chi connectivity index (χ4v) is 5.98. The number of hydrogen-bond donors (Lipinski definition) is 3. The Morgan fingerprint density at radius 3 is 2.40 bits per heavy atom. The molecule has 0 aromatic heterocycles. The maximum atomic E-state index is 12.8. The molecular formula is C28H33N3O3S. The minimum absolute atomic E-state index is 0.148. The highest BCUT2D eigenvalue weighted by molar-refractivity contribution is 7.91. The van der Waals surface area contributed by atoms with E-state index in [-0.39, 0.29) is 15.8 Å². The lowest BCUT2D eigenvalue weighted by molar-refractivity contribution is 0.250. The zero-order chi connectivity index (χ0) is 24.5. The largest absolute Gasteiger partial charge is 0.338 e. The predicted octanol–water partition coefficient (Wildman–Crippen LogP) is 5.03. The van der Waals surface area contributed by atoms with Gasteiger partial charge in [-0.1, -0.05) is 54.6 Å². The Kier molecular flexibility index (Phi) is 8.55. The Morgan fingerprint density at radius 1 is 0.914 bits per heavy atom. The SMILES string of the molecule is O=C(NCCCC1CC(Cc2ccccc2)CCN1)Nc1cccc(S(=O)(=O)c2ccccc2)c1. The molecule has 0 aliphatic carbocycles. The fraction of sp³-hybridized carbons (Fsp3) is 0.321. The number of anilines is 1. The molecule has 1 saturated heterocycles. The van der Waals surface area contributed by atoms with Gasteiger partial charge in [-0.25, -0.2) is 13.2 Å². The van der Waals surface area contributed by atoms with Gasteiger partial charge in [0.15, 0.2) is 0 Å². The summed E-state index contributed by atoms with van der Waals surface area (Å²) in [5, 5.41) is 9.24. The number of nitrogens with one attached hydrogen (secondary N) is 3. The first-order valence-corrected chi connectivity index (χ1v) is 13.7. The Morgan fingerprint density at radius 2 is 1.63 bits per heavy atom. The van der Waals surface area contributed by atoms with Crippen molar-refractivity contribution in [2.24, 2.45) is 5.92 Å². The summed E-state index contributed by atoms with van der Waals surface area (Å²) in [6, 6.07) is 25.4. The van der Waals surface area contributed by atoms with Crippen molar-refractivity contribution < 1.29 is 13.2 Å². The van der Waals surface area contributed by atoms with Gasteiger partial charge in [-0.15, -0.1) is 0 Å². The summed E-state index contributed by atoms with van der Waals surface area (Å²) in [6.07, 6.45) is 5.37. The molecule has 1 aliphatic heterocycles. The van der Waals surface area contributed by atoms with Gasteiger partial charge >= 0.3 is 6.03 Å². The molecule has 1 fully saturated rings. The summed E-state index contributed by atoms with van der Waals surface area (Å²) in [7, 11) is -3.63. The van der Waals surface area contributed by atoms with E-state index >= 15 is 0 Å². The van der Waals surface area contributed by atoms with Gasteiger partial charge in [0.2, 0.25) is 9.84 Å². The van der Waals surface area contributed by atoms with Crippen molar-refractivity contribution in [1.29, 1.82) is 0 Å². The predicted molar refractivity (Wildman–Crippen MR) is 139 cm³/mol. The highest BCUT2D eigenvalue weighted by atomic mass is 32.2. The van der Waals surface area contributed by atoms with Crippen LogP contribution in [-0.4, -0.2) is 33.6 Å². The molecule has 1 heterocycles. The quantitative estimate of drug-likeness (QED) is 0.366. The highest BCUT2D eigenvalue weighted by Gasteiger charge is 2.21. The van der Waals surface area contributed by atoms with Crippen LogP contribution in [0.5, 0.6) is 0 Å². The molecule has 2 atom stereocenters. The van der Waals surface area contributed by atoms with E-state index in [1.54, 1.807) is 42.5 Å². The molecule has 0 saturated carbocycles. The van der Waals surface area contributed by atoms with Gasteiger partial charge in [0, 0.05) is 18.3 Å². The second-order valence-corrected chi connectivity index (χ2v) is 11.0. The van der Waals surface area contributed by atoms with E-state index in [1.807, 2.05) is 0 Å². The molecule has 0 bridgehead atoms. The molecule has 3 aromatic rings. The molecule has 7 heteroatoms. The number of hydrogen-bond acceptors (Lipinski definition) is 4. The lowest BCUT2D eigenvalue weighted by Crippen LogP contribution is -2.39. The fourth-order valence-electron chi connectivity index (χ4n) is 4.65. The average Bonchev–Trinajstić information content (AvgIpc) is 2.88. The maximum absolute atomic E-state index is 12.8. The van der Waals surface area contributed by atoms with Gasteiger partial charge < -0.3 is 16.0 Å². The van der Waals surface area contributed by atoms with Gasteiger partial charge in [-0.3, -0.25) is 0 Å². The van der Waals surface area contributed by atoms with Crippen LogP contribution in [0, 0.1) is 5.92 Å². The van der Waals surface area contributed by atoms with Gasteiger partial charge in [0.25, 0.3) is 0 Å². The zero-order valence-electron chi connectivity index (χ0n) is 19.8. The van der Waals surface area contributed by atoms with Crippen molar-refractivity contribution in [3.05, 3.63) is 90.5 Å². The number of carbonyl (C=O) groups excluding carboxylic acids is 1. The van der Waals surface area contributed by atoms with Crippen LogP contribution >= 0.6 is 0 Å². The number of sulfone groups is 1. The molecule has 0 spiro atoms. The number of rotatable bonds is 9. The average molecular weight is 492 g/mol. The van der Waals surface area contributed by atoms with E-state index in [9.17, 15) is 13.2 Å². The van der Waals surface area contributed by atoms with E-state index in [1.165, 1.54) is 24.1 Å². The second kappa shape index (κ2) is 12.0. The summed E-state index contributed by atoms with van der Waals surface area (Å²) >= 11 is 0. The normalized spacial score (nSPS) is 18.1. The lowest BCUT2D eigenvalue weighted by Gasteiger charge is -2.30. The van der Waals surface area contributed by atoms with Crippen molar-refractivity contribution in [3.8, 4) is 0 Å². The molecule has 2 unspecified atom stereocenters. The van der Waals surface area contributed by atoms with Gasteiger partial charge in [-0.2, -0.15) is 0 Å². The van der Waals surface area contributed by atoms with Crippen molar-refractivity contribution >= 4 is 21.6 Å². The smallest absolute Gasteiger partial charge is 0.319 e. The summed E-state index contributed by atoms with van der Waals surface area (Å²) in [6.45, 7) is 1.60. The molecular weight excluding hydrogens is 458 g/mol. The van der Waals surface area contributed by atoms with E-state index < -0.39 is 9.84 Å². The highest BCUT2D eigenvalue weighted by Crippen LogP contribution is 2.24. The lowest BCUT2D eigenvalue weighted by atomic mass is 9.86. The molecule has 3 N–H and O–H groups in total. The van der Waals surface area contributed by atoms with E-state index in [0.717, 1.165) is 32.2 Å². The minimum atomic E-state index is -3.63. The summed E-state index contributed by atoms with van der Waals surface area (Å²) in [5.41, 5.74) is 1.84. The van der Waals surface area contributed by atoms with Gasteiger partial charge in [0.05, 0.1) is 9.79 Å². The van der Waals surface area contributed by atoms with Crippen molar-refractivity contribution in [2.45, 2.75) is 47.9 Å². The van der Waals surface area contributed by atoms with Crippen LogP contribution in [0.1, 0.15) is 31.2 Å². The molecule has 6 nitrogen and oxygen atoms in total. The van der Waals surface area contributed by atoms with Gasteiger partial charge in [0.1, 0.15) is 0 Å². The Labute approximate surface area is 208 Å². The molecule has 4 rings (SSSR count). The number of urea groups is 1. The monoisotopic (exact) mass is 491 g/mol. The van der Waals surface area contributed by atoms with E-state index in [0.29, 0.717) is 24.2 Å². The van der Waals surface area contributed by atoms with Crippen LogP contribution in [-0.2, 0) is 16.3 Å². The van der Waals surface area contributed by atoms with E-state index in [2.05, 4.69) is 46.3 Å². The number of carbonyl (C=O) groups is 1. The molecule has 1 aliphatic rings. The van der Waals surface area contributed by atoms with Crippen molar-refractivity contribution in [2.75, 3.05) is 18.4 Å². The second-order valence-electron chi connectivity index (χ2n) is 9.10. The topological polar surface area (TPSA) is 87.3 Å². The van der Waals surface area contributed by atoms with Crippen LogP contribution in [0.4, 0.5) is 10.5 Å². The van der Waals surface area contributed by atoms with Crippen LogP contribution in [0.2, 0.25) is 0 Å². The summed E-state index contributed by atoms with van der Waals surface area (Å²) in [5.74, 6) is 0.694. The van der Waals surface area contributed by atoms with E-state index in [4.69, 9.17) is 0 Å². The minimum Gasteiger partial charge on any atom is -0.338 e. The third-order valence-corrected chi connectivity index (χ3v) is 8.21. The Bertz CT molecular complexity index is 1200.